The minimum atomic E-state index is -2.81. The molecule has 0 bridgehead atoms. The number of nitrogens with zero attached hydrogens (tertiary/aromatic N) is 1. The fraction of sp³-hybridized carbons (Fsp3) is 0.444. The number of hydrogen-bond acceptors (Lipinski definition) is 3. The van der Waals surface area contributed by atoms with Crippen LogP contribution in [0.3, 0.4) is 0 Å². The van der Waals surface area contributed by atoms with Crippen molar-refractivity contribution in [1.29, 1.82) is 0 Å². The first-order valence-corrected chi connectivity index (χ1v) is 5.14. The highest BCUT2D eigenvalue weighted by atomic mass is 32.2. The van der Waals surface area contributed by atoms with E-state index in [1.165, 1.54) is 6.07 Å². The lowest BCUT2D eigenvalue weighted by Gasteiger charge is -2.07. The molecule has 5 heteroatoms. The minimum absolute atomic E-state index is 0.0296. The number of alkyl halides is 2. The molecule has 1 aliphatic heterocycles. The van der Waals surface area contributed by atoms with E-state index in [2.05, 4.69) is 16.6 Å². The maximum Gasteiger partial charge on any atom is 0.388 e. The Hall–Kier alpha value is -0.840. The molecule has 76 valence electrons. The molecule has 0 radical (unpaired) electrons. The molecule has 1 aliphatic rings. The van der Waals surface area contributed by atoms with E-state index in [0.717, 1.165) is 11.3 Å². The van der Waals surface area contributed by atoms with Gasteiger partial charge in [-0.05, 0) is 12.5 Å². The molecule has 0 N–H and O–H groups in total. The van der Waals surface area contributed by atoms with Crippen LogP contribution in [0.4, 0.5) is 8.78 Å². The van der Waals surface area contributed by atoms with E-state index in [1.54, 1.807) is 12.3 Å². The Morgan fingerprint density at radius 1 is 1.57 bits per heavy atom. The highest BCUT2D eigenvalue weighted by molar-refractivity contribution is 8.07. The second kappa shape index (κ2) is 3.38. The molecule has 2 nitrogen and oxygen atoms in total. The van der Waals surface area contributed by atoms with Gasteiger partial charge in [0.2, 0.25) is 5.88 Å². The van der Waals surface area contributed by atoms with E-state index >= 15 is 0 Å². The SMILES string of the molecule is CC1(c2ccc(OC(F)F)nc2)CS1. The first-order chi connectivity index (χ1) is 6.60. The number of rotatable bonds is 3. The molecule has 0 aliphatic carbocycles. The average molecular weight is 217 g/mol. The van der Waals surface area contributed by atoms with Gasteiger partial charge in [0.25, 0.3) is 0 Å². The van der Waals surface area contributed by atoms with Crippen LogP contribution in [0.25, 0.3) is 0 Å². The Balaban J connectivity index is 2.10. The normalized spacial score (nSPS) is 25.1. The van der Waals surface area contributed by atoms with Crippen LogP contribution in [0.5, 0.6) is 5.88 Å². The molecule has 1 saturated heterocycles. The van der Waals surface area contributed by atoms with Crippen LogP contribution in [0.2, 0.25) is 0 Å². The average Bonchev–Trinajstić information content (AvgIpc) is 2.85. The number of thioether (sulfide) groups is 1. The van der Waals surface area contributed by atoms with E-state index in [1.807, 2.05) is 11.8 Å². The molecule has 1 atom stereocenters. The molecule has 14 heavy (non-hydrogen) atoms. The molecular weight excluding hydrogens is 208 g/mol. The number of pyridine rings is 1. The van der Waals surface area contributed by atoms with E-state index in [9.17, 15) is 8.78 Å². The lowest BCUT2D eigenvalue weighted by Crippen LogP contribution is -2.05. The molecule has 1 unspecified atom stereocenters. The lowest BCUT2D eigenvalue weighted by atomic mass is 10.1. The number of ether oxygens (including phenoxy) is 1. The third-order valence-electron chi connectivity index (χ3n) is 2.13. The van der Waals surface area contributed by atoms with Gasteiger partial charge in [0.05, 0.1) is 0 Å². The fourth-order valence-corrected chi connectivity index (χ4v) is 1.80. The van der Waals surface area contributed by atoms with Gasteiger partial charge in [-0.3, -0.25) is 0 Å². The van der Waals surface area contributed by atoms with Crippen molar-refractivity contribution < 1.29 is 13.5 Å². The Labute approximate surface area is 84.7 Å². The van der Waals surface area contributed by atoms with Crippen LogP contribution in [-0.2, 0) is 4.75 Å². The Morgan fingerprint density at radius 2 is 2.29 bits per heavy atom. The standard InChI is InChI=1S/C9H9F2NOS/c1-9(5-14-9)6-2-3-7(12-4-6)13-8(10)11/h2-4,8H,5H2,1H3. The predicted octanol–water partition coefficient (Wildman–Crippen LogP) is 2.65. The van der Waals surface area contributed by atoms with Crippen LogP contribution in [0.1, 0.15) is 12.5 Å². The monoisotopic (exact) mass is 217 g/mol. The van der Waals surface area contributed by atoms with Crippen LogP contribution in [0.15, 0.2) is 18.3 Å². The zero-order chi connectivity index (χ0) is 10.2. The van der Waals surface area contributed by atoms with E-state index < -0.39 is 6.61 Å². The van der Waals surface area contributed by atoms with Crippen LogP contribution >= 0.6 is 11.8 Å². The molecule has 0 saturated carbocycles. The van der Waals surface area contributed by atoms with Crippen molar-refractivity contribution >= 4 is 11.8 Å². The molecule has 1 fully saturated rings. The first kappa shape index (κ1) is 9.71. The molecule has 2 heterocycles. The summed E-state index contributed by atoms with van der Waals surface area (Å²) in [5.74, 6) is 1.03. The van der Waals surface area contributed by atoms with Crippen LogP contribution < -0.4 is 4.74 Å². The molecule has 0 aromatic carbocycles. The Morgan fingerprint density at radius 3 is 2.71 bits per heavy atom. The third kappa shape index (κ3) is 1.97. The van der Waals surface area contributed by atoms with E-state index in [-0.39, 0.29) is 10.6 Å². The number of aromatic nitrogens is 1. The number of hydrogen-bond donors (Lipinski definition) is 0. The lowest BCUT2D eigenvalue weighted by molar-refractivity contribution is -0.0528. The van der Waals surface area contributed by atoms with Crippen molar-refractivity contribution in [3.63, 3.8) is 0 Å². The summed E-state index contributed by atoms with van der Waals surface area (Å²) < 4.78 is 27.9. The summed E-state index contributed by atoms with van der Waals surface area (Å²) in [5.41, 5.74) is 1.06. The van der Waals surface area contributed by atoms with Gasteiger partial charge in [0, 0.05) is 22.8 Å². The summed E-state index contributed by atoms with van der Waals surface area (Å²) in [5, 5.41) is 0. The van der Waals surface area contributed by atoms with Crippen molar-refractivity contribution in [3.8, 4) is 5.88 Å². The summed E-state index contributed by atoms with van der Waals surface area (Å²) >= 11 is 1.81. The molecule has 0 amide bonds. The van der Waals surface area contributed by atoms with Crippen LogP contribution in [-0.4, -0.2) is 17.3 Å². The summed E-state index contributed by atoms with van der Waals surface area (Å²) in [6.45, 7) is -0.707. The van der Waals surface area contributed by atoms with E-state index in [4.69, 9.17) is 0 Å². The maximum absolute atomic E-state index is 11.8. The van der Waals surface area contributed by atoms with Crippen molar-refractivity contribution in [2.45, 2.75) is 18.3 Å². The van der Waals surface area contributed by atoms with Gasteiger partial charge < -0.3 is 4.74 Å². The fourth-order valence-electron chi connectivity index (χ4n) is 1.13. The smallest absolute Gasteiger partial charge is 0.388 e. The molecule has 1 aromatic rings. The highest BCUT2D eigenvalue weighted by Gasteiger charge is 2.40. The minimum Gasteiger partial charge on any atom is -0.417 e. The first-order valence-electron chi connectivity index (χ1n) is 4.15. The third-order valence-corrected chi connectivity index (χ3v) is 3.52. The largest absolute Gasteiger partial charge is 0.417 e. The Kier molecular flexibility index (Phi) is 2.34. The van der Waals surface area contributed by atoms with Crippen molar-refractivity contribution in [2.75, 3.05) is 5.75 Å². The predicted molar refractivity (Wildman–Crippen MR) is 50.7 cm³/mol. The summed E-state index contributed by atoms with van der Waals surface area (Å²) in [6.07, 6.45) is 1.59. The van der Waals surface area contributed by atoms with Crippen LogP contribution in [0, 0.1) is 0 Å². The number of halogens is 2. The van der Waals surface area contributed by atoms with E-state index in [0.29, 0.717) is 0 Å². The summed E-state index contributed by atoms with van der Waals surface area (Å²) in [6, 6.07) is 3.26. The van der Waals surface area contributed by atoms with Crippen molar-refractivity contribution in [3.05, 3.63) is 23.9 Å². The molecule has 1 aromatic heterocycles. The van der Waals surface area contributed by atoms with Gasteiger partial charge in [0.1, 0.15) is 0 Å². The van der Waals surface area contributed by atoms with Gasteiger partial charge in [-0.1, -0.05) is 6.07 Å². The maximum atomic E-state index is 11.8. The summed E-state index contributed by atoms with van der Waals surface area (Å²) in [7, 11) is 0. The van der Waals surface area contributed by atoms with Gasteiger partial charge in [-0.15, -0.1) is 11.8 Å². The zero-order valence-corrected chi connectivity index (χ0v) is 8.35. The second-order valence-electron chi connectivity index (χ2n) is 3.28. The second-order valence-corrected chi connectivity index (χ2v) is 4.76. The van der Waals surface area contributed by atoms with Gasteiger partial charge in [-0.2, -0.15) is 8.78 Å². The zero-order valence-electron chi connectivity index (χ0n) is 7.54. The van der Waals surface area contributed by atoms with Crippen molar-refractivity contribution in [2.24, 2.45) is 0 Å². The summed E-state index contributed by atoms with van der Waals surface area (Å²) in [4.78, 5) is 3.81. The highest BCUT2D eigenvalue weighted by Crippen LogP contribution is 2.52. The van der Waals surface area contributed by atoms with Gasteiger partial charge >= 0.3 is 6.61 Å². The molecular formula is C9H9F2NOS. The van der Waals surface area contributed by atoms with Gasteiger partial charge in [-0.25, -0.2) is 4.98 Å². The Bertz CT molecular complexity index is 324. The molecule has 0 spiro atoms. The topological polar surface area (TPSA) is 22.1 Å². The van der Waals surface area contributed by atoms with Crippen molar-refractivity contribution in [1.82, 2.24) is 4.98 Å². The molecule has 2 rings (SSSR count). The quantitative estimate of drug-likeness (QED) is 0.727. The van der Waals surface area contributed by atoms with Gasteiger partial charge in [0.15, 0.2) is 0 Å².